The van der Waals surface area contributed by atoms with E-state index < -0.39 is 23.7 Å². The van der Waals surface area contributed by atoms with E-state index in [1.807, 2.05) is 22.6 Å². The van der Waals surface area contributed by atoms with E-state index in [1.54, 1.807) is 6.07 Å². The largest absolute Gasteiger partial charge is 0.506 e. The number of carbonyl (C=O) groups excluding carboxylic acids is 3. The fourth-order valence-electron chi connectivity index (χ4n) is 1.67. The number of phenols is 1. The van der Waals surface area contributed by atoms with Crippen LogP contribution >= 0.6 is 46.0 Å². The quantitative estimate of drug-likeness (QED) is 0.430. The molecule has 0 aromatic heterocycles. The van der Waals surface area contributed by atoms with Gasteiger partial charge in [0.15, 0.2) is 0 Å². The second-order valence-corrected chi connectivity index (χ2v) is 6.76. The maximum absolute atomic E-state index is 12.1. The minimum atomic E-state index is -0.691. The molecule has 0 spiro atoms. The Hall–Kier alpha value is -1.26. The van der Waals surface area contributed by atoms with E-state index in [0.29, 0.717) is 25.9 Å². The Morgan fingerprint density at radius 2 is 2.18 bits per heavy atom. The molecule has 1 saturated heterocycles. The lowest BCUT2D eigenvalue weighted by molar-refractivity contribution is -0.143. The Balaban J connectivity index is 2.33. The number of esters is 1. The zero-order valence-corrected chi connectivity index (χ0v) is 14.9. The third-order valence-electron chi connectivity index (χ3n) is 2.73. The number of hydrogen-bond acceptors (Lipinski definition) is 6. The third-order valence-corrected chi connectivity index (χ3v) is 4.68. The van der Waals surface area contributed by atoms with E-state index in [1.165, 1.54) is 19.3 Å². The van der Waals surface area contributed by atoms with Gasteiger partial charge in [-0.1, -0.05) is 11.6 Å². The summed E-state index contributed by atoms with van der Waals surface area (Å²) in [6.07, 6.45) is 1.37. The van der Waals surface area contributed by atoms with E-state index in [4.69, 9.17) is 11.6 Å². The first-order chi connectivity index (χ1) is 10.3. The number of nitrogens with zero attached hydrogens (tertiary/aromatic N) is 1. The molecule has 0 unspecified atom stereocenters. The highest BCUT2D eigenvalue weighted by Crippen LogP contribution is 2.36. The Bertz CT molecular complexity index is 706. The zero-order chi connectivity index (χ0) is 16.4. The lowest BCUT2D eigenvalue weighted by atomic mass is 10.2. The molecule has 0 bridgehead atoms. The van der Waals surface area contributed by atoms with Gasteiger partial charge in [0.05, 0.1) is 15.6 Å². The number of phenolic OH excluding ortho intramolecular Hbond substituents is 1. The summed E-state index contributed by atoms with van der Waals surface area (Å²) in [4.78, 5) is 36.0. The molecule has 1 N–H and O–H groups in total. The summed E-state index contributed by atoms with van der Waals surface area (Å²) in [5, 5.41) is 9.80. The predicted octanol–water partition coefficient (Wildman–Crippen LogP) is 2.86. The van der Waals surface area contributed by atoms with E-state index in [2.05, 4.69) is 4.74 Å². The molecule has 1 aliphatic heterocycles. The van der Waals surface area contributed by atoms with Crippen LogP contribution in [0.15, 0.2) is 17.0 Å². The summed E-state index contributed by atoms with van der Waals surface area (Å²) in [6, 6.07) is 3.05. The Morgan fingerprint density at radius 3 is 2.82 bits per heavy atom. The van der Waals surface area contributed by atoms with E-state index in [0.717, 1.165) is 4.90 Å². The number of hydrogen-bond donors (Lipinski definition) is 1. The normalized spacial score (nSPS) is 16.5. The lowest BCUT2D eigenvalue weighted by Crippen LogP contribution is -2.34. The highest BCUT2D eigenvalue weighted by Gasteiger charge is 2.36. The Kier molecular flexibility index (Phi) is 5.35. The molecule has 2 rings (SSSR count). The van der Waals surface area contributed by atoms with Crippen LogP contribution in [0.3, 0.4) is 0 Å². The Labute approximate surface area is 148 Å². The lowest BCUT2D eigenvalue weighted by Gasteiger charge is -2.09. The van der Waals surface area contributed by atoms with E-state index in [-0.39, 0.29) is 10.7 Å². The number of ether oxygens (including phenoxy) is 1. The molecule has 2 amide bonds. The van der Waals surface area contributed by atoms with Gasteiger partial charge in [-0.05, 0) is 52.6 Å². The van der Waals surface area contributed by atoms with Crippen LogP contribution in [0.5, 0.6) is 5.75 Å². The van der Waals surface area contributed by atoms with Gasteiger partial charge in [-0.25, -0.2) is 0 Å². The van der Waals surface area contributed by atoms with Crippen molar-refractivity contribution in [3.05, 3.63) is 31.2 Å². The van der Waals surface area contributed by atoms with Gasteiger partial charge in [-0.3, -0.25) is 19.3 Å². The van der Waals surface area contributed by atoms with Gasteiger partial charge < -0.3 is 9.84 Å². The first-order valence-electron chi connectivity index (χ1n) is 5.83. The van der Waals surface area contributed by atoms with Gasteiger partial charge in [0.1, 0.15) is 12.3 Å². The van der Waals surface area contributed by atoms with Gasteiger partial charge in [0.25, 0.3) is 11.1 Å². The summed E-state index contributed by atoms with van der Waals surface area (Å²) in [7, 11) is 1.17. The SMILES string of the molecule is COC(=O)CN1C(=O)S/C(=C\c2cc(Cl)cc(I)c2O)C1=O. The summed E-state index contributed by atoms with van der Waals surface area (Å²) < 4.78 is 4.96. The highest BCUT2D eigenvalue weighted by atomic mass is 127. The third kappa shape index (κ3) is 3.55. The molecule has 1 fully saturated rings. The van der Waals surface area contributed by atoms with Crippen molar-refractivity contribution in [3.63, 3.8) is 0 Å². The maximum Gasteiger partial charge on any atom is 0.325 e. The molecular formula is C13H9ClINO5S. The molecule has 9 heteroatoms. The Morgan fingerprint density at radius 1 is 1.50 bits per heavy atom. The number of thioether (sulfide) groups is 1. The minimum Gasteiger partial charge on any atom is -0.506 e. The van der Waals surface area contributed by atoms with Gasteiger partial charge in [-0.15, -0.1) is 0 Å². The standard InChI is InChI=1S/C13H9ClINO5S/c1-21-10(17)5-16-12(19)9(22-13(16)20)3-6-2-7(14)4-8(15)11(6)18/h2-4,18H,5H2,1H3/b9-3-. The van der Waals surface area contributed by atoms with Crippen molar-refractivity contribution < 1.29 is 24.2 Å². The topological polar surface area (TPSA) is 83.9 Å². The molecule has 1 aromatic carbocycles. The molecule has 0 atom stereocenters. The van der Waals surface area contributed by atoms with E-state index in [9.17, 15) is 19.5 Å². The monoisotopic (exact) mass is 453 g/mol. The van der Waals surface area contributed by atoms with Gasteiger partial charge >= 0.3 is 5.97 Å². The first-order valence-corrected chi connectivity index (χ1v) is 8.11. The fraction of sp³-hybridized carbons (Fsp3) is 0.154. The predicted molar refractivity (Wildman–Crippen MR) is 90.5 cm³/mol. The van der Waals surface area contributed by atoms with Crippen molar-refractivity contribution in [2.75, 3.05) is 13.7 Å². The molecule has 0 aliphatic carbocycles. The summed E-state index contributed by atoms with van der Waals surface area (Å²) >= 11 is 8.50. The average Bonchev–Trinajstić information content (AvgIpc) is 2.71. The van der Waals surface area contributed by atoms with Crippen LogP contribution in [0.25, 0.3) is 6.08 Å². The van der Waals surface area contributed by atoms with Crippen molar-refractivity contribution in [1.82, 2.24) is 4.90 Å². The zero-order valence-electron chi connectivity index (χ0n) is 11.1. The van der Waals surface area contributed by atoms with E-state index >= 15 is 0 Å². The van der Waals surface area contributed by atoms with Crippen molar-refractivity contribution in [2.24, 2.45) is 0 Å². The van der Waals surface area contributed by atoms with Crippen LogP contribution in [0.2, 0.25) is 5.02 Å². The molecule has 0 saturated carbocycles. The number of amides is 2. The van der Waals surface area contributed by atoms with Crippen LogP contribution in [0.4, 0.5) is 4.79 Å². The minimum absolute atomic E-state index is 0.0373. The number of halogens is 2. The highest BCUT2D eigenvalue weighted by molar-refractivity contribution is 14.1. The molecule has 1 aliphatic rings. The summed E-state index contributed by atoms with van der Waals surface area (Å²) in [5.41, 5.74) is 0.320. The summed E-state index contributed by atoms with van der Waals surface area (Å²) in [5.74, 6) is -1.34. The van der Waals surface area contributed by atoms with Crippen LogP contribution in [-0.2, 0) is 14.3 Å². The second kappa shape index (κ2) is 6.88. The first kappa shape index (κ1) is 17.1. The van der Waals surface area contributed by atoms with Crippen LogP contribution in [0, 0.1) is 3.57 Å². The molecule has 0 radical (unpaired) electrons. The molecule has 1 heterocycles. The molecule has 22 heavy (non-hydrogen) atoms. The molecule has 1 aromatic rings. The van der Waals surface area contributed by atoms with Crippen molar-refractivity contribution >= 4 is 69.1 Å². The van der Waals surface area contributed by atoms with Gasteiger partial charge in [0.2, 0.25) is 0 Å². The summed E-state index contributed by atoms with van der Waals surface area (Å²) in [6.45, 7) is -0.447. The van der Waals surface area contributed by atoms with Crippen molar-refractivity contribution in [3.8, 4) is 5.75 Å². The van der Waals surface area contributed by atoms with Crippen LogP contribution < -0.4 is 0 Å². The van der Waals surface area contributed by atoms with Crippen LogP contribution in [-0.4, -0.2) is 40.8 Å². The van der Waals surface area contributed by atoms with Gasteiger partial charge in [-0.2, -0.15) is 0 Å². The van der Waals surface area contributed by atoms with Crippen molar-refractivity contribution in [2.45, 2.75) is 0 Å². The number of methoxy groups -OCH3 is 1. The fourth-order valence-corrected chi connectivity index (χ4v) is 3.55. The molecular weight excluding hydrogens is 445 g/mol. The number of rotatable bonds is 3. The van der Waals surface area contributed by atoms with Crippen molar-refractivity contribution in [1.29, 1.82) is 0 Å². The van der Waals surface area contributed by atoms with Gasteiger partial charge in [0, 0.05) is 10.6 Å². The number of aromatic hydroxyl groups is 1. The smallest absolute Gasteiger partial charge is 0.325 e. The van der Waals surface area contributed by atoms with Crippen LogP contribution in [0.1, 0.15) is 5.56 Å². The number of carbonyl (C=O) groups is 3. The number of benzene rings is 1. The average molecular weight is 454 g/mol. The molecule has 116 valence electrons. The second-order valence-electron chi connectivity index (χ2n) is 4.17. The molecule has 6 nitrogen and oxygen atoms in total. The maximum atomic E-state index is 12.1. The number of imide groups is 1.